The van der Waals surface area contributed by atoms with E-state index in [9.17, 15) is 0 Å². The van der Waals surface area contributed by atoms with Crippen LogP contribution in [0.2, 0.25) is 0 Å². The van der Waals surface area contributed by atoms with E-state index >= 15 is 0 Å². The molecule has 1 aromatic rings. The molecule has 0 fully saturated rings. The van der Waals surface area contributed by atoms with Crippen LogP contribution < -0.4 is 5.32 Å². The van der Waals surface area contributed by atoms with Gasteiger partial charge in [0.1, 0.15) is 11.6 Å². The molecule has 0 radical (unpaired) electrons. The van der Waals surface area contributed by atoms with Gasteiger partial charge in [-0.25, -0.2) is 0 Å². The summed E-state index contributed by atoms with van der Waals surface area (Å²) in [6, 6.07) is 0.501. The van der Waals surface area contributed by atoms with E-state index in [0.717, 1.165) is 24.7 Å². The molecule has 1 atom stereocenters. The summed E-state index contributed by atoms with van der Waals surface area (Å²) in [7, 11) is 0. The summed E-state index contributed by atoms with van der Waals surface area (Å²) >= 11 is 0. The molecule has 1 N–H and O–H groups in total. The Morgan fingerprint density at radius 1 is 1.27 bits per heavy atom. The largest absolute Gasteiger partial charge is 0.309 e. The molecule has 1 unspecified atom stereocenters. The van der Waals surface area contributed by atoms with Gasteiger partial charge in [0.25, 0.3) is 0 Å². The Hall–Kier alpha value is -0.900. The van der Waals surface area contributed by atoms with Crippen molar-refractivity contribution in [1.82, 2.24) is 20.1 Å². The summed E-state index contributed by atoms with van der Waals surface area (Å²) in [4.78, 5) is 0. The van der Waals surface area contributed by atoms with Crippen LogP contribution in [0.15, 0.2) is 0 Å². The fraction of sp³-hybridized carbons (Fsp3) is 0.818. The highest BCUT2D eigenvalue weighted by Crippen LogP contribution is 2.26. The monoisotopic (exact) mass is 208 g/mol. The number of rotatable bonds is 2. The molecule has 15 heavy (non-hydrogen) atoms. The van der Waals surface area contributed by atoms with Gasteiger partial charge in [0.15, 0.2) is 0 Å². The average Bonchev–Trinajstić information content (AvgIpc) is 2.60. The van der Waals surface area contributed by atoms with E-state index in [2.05, 4.69) is 47.8 Å². The van der Waals surface area contributed by atoms with Crippen LogP contribution in [0, 0.1) is 5.92 Å². The number of aromatic nitrogens is 3. The van der Waals surface area contributed by atoms with Crippen LogP contribution in [0.3, 0.4) is 0 Å². The molecule has 0 amide bonds. The number of hydrogen-bond donors (Lipinski definition) is 1. The molecule has 1 aliphatic heterocycles. The molecule has 0 saturated heterocycles. The van der Waals surface area contributed by atoms with Crippen LogP contribution in [-0.4, -0.2) is 21.3 Å². The van der Waals surface area contributed by atoms with Gasteiger partial charge in [-0.1, -0.05) is 27.7 Å². The molecular formula is C11H20N4. The second-order valence-electron chi connectivity index (χ2n) is 4.94. The summed E-state index contributed by atoms with van der Waals surface area (Å²) in [5.74, 6) is 3.28. The molecule has 4 heteroatoms. The van der Waals surface area contributed by atoms with Gasteiger partial charge in [-0.2, -0.15) is 0 Å². The summed E-state index contributed by atoms with van der Waals surface area (Å²) in [5.41, 5.74) is 0. The predicted octanol–water partition coefficient (Wildman–Crippen LogP) is 1.70. The Kier molecular flexibility index (Phi) is 2.78. The first-order valence-electron chi connectivity index (χ1n) is 5.75. The quantitative estimate of drug-likeness (QED) is 0.804. The zero-order valence-corrected chi connectivity index (χ0v) is 9.99. The SMILES string of the molecule is CC(C)c1nnc2n1C(C(C)C)CNC2. The maximum absolute atomic E-state index is 4.30. The van der Waals surface area contributed by atoms with Crippen molar-refractivity contribution in [2.75, 3.05) is 6.54 Å². The molecule has 0 bridgehead atoms. The summed E-state index contributed by atoms with van der Waals surface area (Å²) in [6.45, 7) is 10.7. The number of fused-ring (bicyclic) bond motifs is 1. The molecule has 0 saturated carbocycles. The van der Waals surface area contributed by atoms with Crippen LogP contribution in [0.25, 0.3) is 0 Å². The van der Waals surface area contributed by atoms with E-state index in [-0.39, 0.29) is 0 Å². The Bertz CT molecular complexity index is 340. The van der Waals surface area contributed by atoms with E-state index in [1.807, 2.05) is 0 Å². The molecule has 1 aromatic heterocycles. The minimum absolute atomic E-state index is 0.450. The normalized spacial score (nSPS) is 21.1. The van der Waals surface area contributed by atoms with Crippen LogP contribution >= 0.6 is 0 Å². The molecule has 2 heterocycles. The van der Waals surface area contributed by atoms with Gasteiger partial charge in [0, 0.05) is 12.5 Å². The van der Waals surface area contributed by atoms with E-state index in [1.165, 1.54) is 0 Å². The lowest BCUT2D eigenvalue weighted by Crippen LogP contribution is -2.36. The van der Waals surface area contributed by atoms with Crippen LogP contribution in [0.4, 0.5) is 0 Å². The minimum atomic E-state index is 0.450. The number of nitrogens with one attached hydrogen (secondary N) is 1. The first-order valence-corrected chi connectivity index (χ1v) is 5.75. The second-order valence-corrected chi connectivity index (χ2v) is 4.94. The number of hydrogen-bond acceptors (Lipinski definition) is 3. The molecule has 4 nitrogen and oxygen atoms in total. The van der Waals surface area contributed by atoms with Crippen molar-refractivity contribution >= 4 is 0 Å². The van der Waals surface area contributed by atoms with E-state index in [0.29, 0.717) is 17.9 Å². The number of nitrogens with zero attached hydrogens (tertiary/aromatic N) is 3. The van der Waals surface area contributed by atoms with Crippen molar-refractivity contribution in [2.24, 2.45) is 5.92 Å². The van der Waals surface area contributed by atoms with E-state index in [4.69, 9.17) is 0 Å². The predicted molar refractivity (Wildman–Crippen MR) is 59.7 cm³/mol. The fourth-order valence-electron chi connectivity index (χ4n) is 2.17. The third-order valence-electron chi connectivity index (χ3n) is 3.05. The maximum Gasteiger partial charge on any atom is 0.147 e. The van der Waals surface area contributed by atoms with E-state index < -0.39 is 0 Å². The van der Waals surface area contributed by atoms with E-state index in [1.54, 1.807) is 0 Å². The lowest BCUT2D eigenvalue weighted by molar-refractivity contribution is 0.305. The molecule has 1 aliphatic rings. The molecule has 84 valence electrons. The van der Waals surface area contributed by atoms with Crippen molar-refractivity contribution in [1.29, 1.82) is 0 Å². The lowest BCUT2D eigenvalue weighted by Gasteiger charge is -2.30. The van der Waals surface area contributed by atoms with Gasteiger partial charge in [-0.05, 0) is 5.92 Å². The van der Waals surface area contributed by atoms with Gasteiger partial charge in [0.05, 0.1) is 12.6 Å². The Labute approximate surface area is 91.1 Å². The van der Waals surface area contributed by atoms with Crippen LogP contribution in [0.1, 0.15) is 51.3 Å². The standard InChI is InChI=1S/C11H20N4/c1-7(2)9-5-12-6-10-13-14-11(8(3)4)15(9)10/h7-9,12H,5-6H2,1-4H3. The summed E-state index contributed by atoms with van der Waals surface area (Å²) < 4.78 is 2.34. The molecule has 0 aliphatic carbocycles. The fourth-order valence-corrected chi connectivity index (χ4v) is 2.17. The van der Waals surface area contributed by atoms with Gasteiger partial charge >= 0.3 is 0 Å². The second kappa shape index (κ2) is 3.93. The van der Waals surface area contributed by atoms with Crippen molar-refractivity contribution in [3.63, 3.8) is 0 Å². The highest BCUT2D eigenvalue weighted by Gasteiger charge is 2.27. The highest BCUT2D eigenvalue weighted by atomic mass is 15.3. The third kappa shape index (κ3) is 1.78. The maximum atomic E-state index is 4.30. The Morgan fingerprint density at radius 3 is 2.60 bits per heavy atom. The van der Waals surface area contributed by atoms with Crippen molar-refractivity contribution in [2.45, 2.75) is 46.2 Å². The van der Waals surface area contributed by atoms with Gasteiger partial charge < -0.3 is 9.88 Å². The lowest BCUT2D eigenvalue weighted by atomic mass is 10.0. The topological polar surface area (TPSA) is 42.7 Å². The molecule has 0 aromatic carbocycles. The zero-order chi connectivity index (χ0) is 11.0. The van der Waals surface area contributed by atoms with Gasteiger partial charge in [-0.15, -0.1) is 10.2 Å². The first-order chi connectivity index (χ1) is 7.11. The van der Waals surface area contributed by atoms with Crippen molar-refractivity contribution in [3.05, 3.63) is 11.6 Å². The van der Waals surface area contributed by atoms with Gasteiger partial charge in [-0.3, -0.25) is 0 Å². The Balaban J connectivity index is 2.43. The zero-order valence-electron chi connectivity index (χ0n) is 9.99. The Morgan fingerprint density at radius 2 is 2.00 bits per heavy atom. The molecular weight excluding hydrogens is 188 g/mol. The first kappa shape index (κ1) is 10.6. The van der Waals surface area contributed by atoms with Gasteiger partial charge in [0.2, 0.25) is 0 Å². The van der Waals surface area contributed by atoms with Crippen LogP contribution in [-0.2, 0) is 6.54 Å². The summed E-state index contributed by atoms with van der Waals surface area (Å²) in [6.07, 6.45) is 0. The average molecular weight is 208 g/mol. The highest BCUT2D eigenvalue weighted by molar-refractivity contribution is 5.05. The smallest absolute Gasteiger partial charge is 0.147 e. The summed E-state index contributed by atoms with van der Waals surface area (Å²) in [5, 5.41) is 12.0. The molecule has 0 spiro atoms. The third-order valence-corrected chi connectivity index (χ3v) is 3.05. The van der Waals surface area contributed by atoms with Crippen molar-refractivity contribution < 1.29 is 0 Å². The van der Waals surface area contributed by atoms with Crippen LogP contribution in [0.5, 0.6) is 0 Å². The molecule has 2 rings (SSSR count). The van der Waals surface area contributed by atoms with Crippen molar-refractivity contribution in [3.8, 4) is 0 Å². The minimum Gasteiger partial charge on any atom is -0.309 e.